The third-order valence-electron chi connectivity index (χ3n) is 2.40. The summed E-state index contributed by atoms with van der Waals surface area (Å²) < 4.78 is 31.4. The molecule has 0 spiro atoms. The van der Waals surface area contributed by atoms with E-state index < -0.39 is 11.6 Å². The lowest BCUT2D eigenvalue weighted by Gasteiger charge is -2.07. The number of aryl methyl sites for hydroxylation is 1. The zero-order valence-electron chi connectivity index (χ0n) is 9.41. The van der Waals surface area contributed by atoms with Crippen LogP contribution in [-0.4, -0.2) is 0 Å². The number of hydrogen-bond acceptors (Lipinski definition) is 1. The van der Waals surface area contributed by atoms with Crippen LogP contribution in [0.3, 0.4) is 0 Å². The SMILES string of the molecule is Cc1cccc(OCc2ccc(F)cc2F)c1. The minimum absolute atomic E-state index is 0.0928. The van der Waals surface area contributed by atoms with Crippen molar-refractivity contribution in [2.24, 2.45) is 0 Å². The summed E-state index contributed by atoms with van der Waals surface area (Å²) >= 11 is 0. The van der Waals surface area contributed by atoms with Crippen LogP contribution in [0, 0.1) is 18.6 Å². The van der Waals surface area contributed by atoms with Gasteiger partial charge in [0.1, 0.15) is 24.0 Å². The lowest BCUT2D eigenvalue weighted by Crippen LogP contribution is -1.99. The highest BCUT2D eigenvalue weighted by Crippen LogP contribution is 2.16. The van der Waals surface area contributed by atoms with Crippen LogP contribution in [0.4, 0.5) is 8.78 Å². The first kappa shape index (κ1) is 11.6. The smallest absolute Gasteiger partial charge is 0.132 e. The molecule has 0 aromatic heterocycles. The summed E-state index contributed by atoms with van der Waals surface area (Å²) in [6.45, 7) is 2.04. The van der Waals surface area contributed by atoms with Gasteiger partial charge >= 0.3 is 0 Å². The van der Waals surface area contributed by atoms with Crippen molar-refractivity contribution in [2.75, 3.05) is 0 Å². The second-order valence-corrected chi connectivity index (χ2v) is 3.84. The Morgan fingerprint density at radius 2 is 1.88 bits per heavy atom. The van der Waals surface area contributed by atoms with Crippen molar-refractivity contribution in [2.45, 2.75) is 13.5 Å². The quantitative estimate of drug-likeness (QED) is 0.783. The molecule has 0 unspecified atom stereocenters. The Balaban J connectivity index is 2.07. The van der Waals surface area contributed by atoms with Gasteiger partial charge in [-0.2, -0.15) is 0 Å². The van der Waals surface area contributed by atoms with Gasteiger partial charge in [0.25, 0.3) is 0 Å². The highest BCUT2D eigenvalue weighted by molar-refractivity contribution is 5.28. The first-order chi connectivity index (χ1) is 8.15. The van der Waals surface area contributed by atoms with Crippen molar-refractivity contribution in [1.82, 2.24) is 0 Å². The summed E-state index contributed by atoms with van der Waals surface area (Å²) in [5, 5.41) is 0. The molecule has 0 N–H and O–H groups in total. The molecule has 0 fully saturated rings. The topological polar surface area (TPSA) is 9.23 Å². The van der Waals surface area contributed by atoms with E-state index in [2.05, 4.69) is 0 Å². The maximum absolute atomic E-state index is 13.3. The number of ether oxygens (including phenoxy) is 1. The summed E-state index contributed by atoms with van der Waals surface area (Å²) in [5.41, 5.74) is 1.41. The van der Waals surface area contributed by atoms with Gasteiger partial charge in [0.15, 0.2) is 0 Å². The monoisotopic (exact) mass is 234 g/mol. The van der Waals surface area contributed by atoms with Gasteiger partial charge < -0.3 is 4.74 Å². The molecule has 0 radical (unpaired) electrons. The van der Waals surface area contributed by atoms with Crippen LogP contribution in [-0.2, 0) is 6.61 Å². The zero-order valence-corrected chi connectivity index (χ0v) is 9.41. The van der Waals surface area contributed by atoms with Crippen LogP contribution in [0.1, 0.15) is 11.1 Å². The van der Waals surface area contributed by atoms with E-state index in [1.54, 1.807) is 6.07 Å². The van der Waals surface area contributed by atoms with Gasteiger partial charge in [-0.05, 0) is 36.8 Å². The fraction of sp³-hybridized carbons (Fsp3) is 0.143. The largest absolute Gasteiger partial charge is 0.489 e. The molecule has 2 aromatic rings. The minimum atomic E-state index is -0.586. The Morgan fingerprint density at radius 3 is 2.59 bits per heavy atom. The molecular formula is C14H12F2O. The molecule has 17 heavy (non-hydrogen) atoms. The fourth-order valence-corrected chi connectivity index (χ4v) is 1.50. The van der Waals surface area contributed by atoms with E-state index in [9.17, 15) is 8.78 Å². The molecule has 1 nitrogen and oxygen atoms in total. The van der Waals surface area contributed by atoms with Crippen LogP contribution < -0.4 is 4.74 Å². The molecule has 3 heteroatoms. The van der Waals surface area contributed by atoms with Gasteiger partial charge in [-0.1, -0.05) is 12.1 Å². The van der Waals surface area contributed by atoms with Crippen LogP contribution in [0.15, 0.2) is 42.5 Å². The second-order valence-electron chi connectivity index (χ2n) is 3.84. The average molecular weight is 234 g/mol. The molecule has 2 rings (SSSR count). The van der Waals surface area contributed by atoms with Gasteiger partial charge in [0.2, 0.25) is 0 Å². The van der Waals surface area contributed by atoms with Gasteiger partial charge in [-0.15, -0.1) is 0 Å². The number of halogens is 2. The normalized spacial score (nSPS) is 10.3. The number of hydrogen-bond donors (Lipinski definition) is 0. The molecule has 0 atom stereocenters. The molecule has 0 saturated heterocycles. The molecule has 0 heterocycles. The van der Waals surface area contributed by atoms with Crippen LogP contribution >= 0.6 is 0 Å². The molecule has 0 amide bonds. The highest BCUT2D eigenvalue weighted by atomic mass is 19.1. The Bertz CT molecular complexity index is 523. The summed E-state index contributed by atoms with van der Waals surface area (Å²) in [7, 11) is 0. The molecule has 2 aromatic carbocycles. The Kier molecular flexibility index (Phi) is 3.38. The standard InChI is InChI=1S/C14H12F2O/c1-10-3-2-4-13(7-10)17-9-11-5-6-12(15)8-14(11)16/h2-8H,9H2,1H3. The van der Waals surface area contributed by atoms with Crippen molar-refractivity contribution >= 4 is 0 Å². The summed E-state index contributed by atoms with van der Waals surface area (Å²) in [5.74, 6) is -0.492. The van der Waals surface area contributed by atoms with Crippen molar-refractivity contribution in [3.05, 3.63) is 65.2 Å². The van der Waals surface area contributed by atoms with Crippen LogP contribution in [0.2, 0.25) is 0 Å². The third kappa shape index (κ3) is 3.03. The Hall–Kier alpha value is -1.90. The lowest BCUT2D eigenvalue weighted by molar-refractivity contribution is 0.299. The minimum Gasteiger partial charge on any atom is -0.489 e. The maximum Gasteiger partial charge on any atom is 0.132 e. The second kappa shape index (κ2) is 4.95. The van der Waals surface area contributed by atoms with Crippen molar-refractivity contribution in [3.8, 4) is 5.75 Å². The van der Waals surface area contributed by atoms with Gasteiger partial charge in [-0.3, -0.25) is 0 Å². The zero-order chi connectivity index (χ0) is 12.3. The van der Waals surface area contributed by atoms with Gasteiger partial charge in [0.05, 0.1) is 0 Å². The molecule has 0 aliphatic carbocycles. The van der Waals surface area contributed by atoms with E-state index in [0.29, 0.717) is 11.3 Å². The molecule has 88 valence electrons. The van der Waals surface area contributed by atoms with E-state index in [-0.39, 0.29) is 6.61 Å². The van der Waals surface area contributed by atoms with Crippen molar-refractivity contribution in [3.63, 3.8) is 0 Å². The molecule has 0 aliphatic heterocycles. The Labute approximate surface area is 98.7 Å². The van der Waals surface area contributed by atoms with Gasteiger partial charge in [-0.25, -0.2) is 8.78 Å². The Morgan fingerprint density at radius 1 is 1.06 bits per heavy atom. The van der Waals surface area contributed by atoms with E-state index >= 15 is 0 Å². The van der Waals surface area contributed by atoms with Crippen molar-refractivity contribution < 1.29 is 13.5 Å². The predicted molar refractivity (Wildman–Crippen MR) is 61.9 cm³/mol. The van der Waals surface area contributed by atoms with E-state index in [1.165, 1.54) is 12.1 Å². The average Bonchev–Trinajstić information content (AvgIpc) is 2.28. The maximum atomic E-state index is 13.3. The fourth-order valence-electron chi connectivity index (χ4n) is 1.50. The van der Waals surface area contributed by atoms with E-state index in [1.807, 2.05) is 25.1 Å². The lowest BCUT2D eigenvalue weighted by atomic mass is 10.2. The molecule has 0 aliphatic rings. The summed E-state index contributed by atoms with van der Waals surface area (Å²) in [4.78, 5) is 0. The number of rotatable bonds is 3. The van der Waals surface area contributed by atoms with Crippen LogP contribution in [0.25, 0.3) is 0 Å². The predicted octanol–water partition coefficient (Wildman–Crippen LogP) is 3.85. The van der Waals surface area contributed by atoms with Crippen molar-refractivity contribution in [1.29, 1.82) is 0 Å². The molecule has 0 bridgehead atoms. The van der Waals surface area contributed by atoms with Gasteiger partial charge in [0, 0.05) is 11.6 Å². The third-order valence-corrected chi connectivity index (χ3v) is 2.40. The van der Waals surface area contributed by atoms with E-state index in [0.717, 1.165) is 11.6 Å². The first-order valence-electron chi connectivity index (χ1n) is 5.28. The number of benzene rings is 2. The first-order valence-corrected chi connectivity index (χ1v) is 5.28. The van der Waals surface area contributed by atoms with Crippen LogP contribution in [0.5, 0.6) is 5.75 Å². The molecular weight excluding hydrogens is 222 g/mol. The van der Waals surface area contributed by atoms with E-state index in [4.69, 9.17) is 4.74 Å². The molecule has 0 saturated carbocycles. The summed E-state index contributed by atoms with van der Waals surface area (Å²) in [6, 6.07) is 10.9. The summed E-state index contributed by atoms with van der Waals surface area (Å²) in [6.07, 6.45) is 0. The highest BCUT2D eigenvalue weighted by Gasteiger charge is 2.04.